The van der Waals surface area contributed by atoms with E-state index in [9.17, 15) is 14.4 Å². The number of carbonyl (C=O) groups is 3. The molecule has 1 aliphatic rings. The van der Waals surface area contributed by atoms with E-state index in [-0.39, 0.29) is 23.8 Å². The van der Waals surface area contributed by atoms with Crippen LogP contribution in [0.15, 0.2) is 79.7 Å². The first-order valence-electron chi connectivity index (χ1n) is 12.5. The molecule has 5 rings (SSSR count). The number of aryl methyl sites for hydroxylation is 1. The van der Waals surface area contributed by atoms with Crippen molar-refractivity contribution < 1.29 is 28.3 Å². The molecule has 1 saturated heterocycles. The number of nitrogens with one attached hydrogen (secondary N) is 1. The molecule has 0 saturated carbocycles. The fourth-order valence-corrected chi connectivity index (χ4v) is 5.68. The third-order valence-corrected chi connectivity index (χ3v) is 7.83. The van der Waals surface area contributed by atoms with Gasteiger partial charge in [0, 0.05) is 31.6 Å². The number of imide groups is 1. The van der Waals surface area contributed by atoms with Crippen molar-refractivity contribution in [3.05, 3.63) is 109 Å². The Kier molecular flexibility index (Phi) is 8.18. The molecule has 0 unspecified atom stereocenters. The molecule has 1 fully saturated rings. The van der Waals surface area contributed by atoms with E-state index in [2.05, 4.69) is 46.5 Å². The second kappa shape index (κ2) is 11.8. The van der Waals surface area contributed by atoms with Gasteiger partial charge in [0.1, 0.15) is 23.8 Å². The smallest absolute Gasteiger partial charge is 0.373 e. The first-order valence-corrected chi connectivity index (χ1v) is 14.1. The Hall–Kier alpha value is -4.09. The second-order valence-corrected chi connectivity index (χ2v) is 11.1. The molecule has 0 radical (unpaired) electrons. The number of nitrogens with zero attached hydrogens (tertiary/aromatic N) is 2. The fraction of sp³-hybridized carbons (Fsp3) is 0.167. The van der Waals surface area contributed by atoms with Gasteiger partial charge in [-0.25, -0.2) is 9.59 Å². The molecule has 3 amide bonds. The van der Waals surface area contributed by atoms with Gasteiger partial charge in [-0.2, -0.15) is 0 Å². The number of methoxy groups -OCH3 is 1. The summed E-state index contributed by atoms with van der Waals surface area (Å²) in [5.41, 5.74) is 4.77. The van der Waals surface area contributed by atoms with E-state index in [0.29, 0.717) is 6.61 Å². The monoisotopic (exact) mass is 681 g/mol. The minimum Gasteiger partial charge on any atom is -0.489 e. The number of hydrogen-bond donors (Lipinski definition) is 1. The van der Waals surface area contributed by atoms with Crippen molar-refractivity contribution in [1.82, 2.24) is 14.8 Å². The van der Waals surface area contributed by atoms with Gasteiger partial charge in [0.2, 0.25) is 5.76 Å². The number of aromatic nitrogens is 1. The number of esters is 1. The number of urea groups is 1. The molecule has 0 aliphatic carbocycles. The van der Waals surface area contributed by atoms with Gasteiger partial charge in [-0.3, -0.25) is 9.69 Å². The third-order valence-electron chi connectivity index (χ3n) is 6.60. The van der Waals surface area contributed by atoms with Crippen LogP contribution in [0.3, 0.4) is 0 Å². The number of halogens is 2. The fourth-order valence-electron chi connectivity index (χ4n) is 4.52. The molecule has 0 atom stereocenters. The zero-order chi connectivity index (χ0) is 29.3. The average Bonchev–Trinajstić information content (AvgIpc) is 3.61. The number of benzene rings is 2. The molecule has 1 aliphatic heterocycles. The van der Waals surface area contributed by atoms with E-state index < -0.39 is 17.9 Å². The van der Waals surface area contributed by atoms with Crippen LogP contribution in [0.25, 0.3) is 11.8 Å². The van der Waals surface area contributed by atoms with Crippen molar-refractivity contribution in [2.75, 3.05) is 7.11 Å². The lowest BCUT2D eigenvalue weighted by Crippen LogP contribution is -2.30. The lowest BCUT2D eigenvalue weighted by molar-refractivity contribution is -0.123. The topological polar surface area (TPSA) is 103 Å². The van der Waals surface area contributed by atoms with Gasteiger partial charge in [-0.1, -0.05) is 37.9 Å². The lowest BCUT2D eigenvalue weighted by Gasteiger charge is -2.12. The molecular weight excluding hydrogens is 658 g/mol. The first-order chi connectivity index (χ1) is 19.6. The number of hydrogen-bond acceptors (Lipinski definition) is 6. The van der Waals surface area contributed by atoms with Crippen LogP contribution in [0.5, 0.6) is 5.75 Å². The summed E-state index contributed by atoms with van der Waals surface area (Å²) in [6.45, 7) is 4.23. The van der Waals surface area contributed by atoms with Crippen LogP contribution in [-0.2, 0) is 22.7 Å². The summed E-state index contributed by atoms with van der Waals surface area (Å²) in [5.74, 6) is -0.113. The number of ether oxygens (including phenoxy) is 2. The van der Waals surface area contributed by atoms with Crippen molar-refractivity contribution in [1.29, 1.82) is 0 Å². The highest BCUT2D eigenvalue weighted by Crippen LogP contribution is 2.27. The Morgan fingerprint density at radius 1 is 1.02 bits per heavy atom. The Labute approximate surface area is 253 Å². The summed E-state index contributed by atoms with van der Waals surface area (Å²) in [4.78, 5) is 38.3. The van der Waals surface area contributed by atoms with Crippen molar-refractivity contribution in [3.8, 4) is 11.4 Å². The number of carbonyl (C=O) groups excluding carboxylic acids is 3. The van der Waals surface area contributed by atoms with E-state index in [1.54, 1.807) is 6.08 Å². The van der Waals surface area contributed by atoms with Crippen molar-refractivity contribution in [2.45, 2.75) is 27.0 Å². The van der Waals surface area contributed by atoms with E-state index >= 15 is 0 Å². The summed E-state index contributed by atoms with van der Waals surface area (Å²) in [6.07, 6.45) is 1.66. The van der Waals surface area contributed by atoms with Crippen LogP contribution in [0, 0.1) is 13.8 Å². The van der Waals surface area contributed by atoms with Gasteiger partial charge in [-0.15, -0.1) is 0 Å². The van der Waals surface area contributed by atoms with Gasteiger partial charge in [-0.05, 0) is 80.1 Å². The minimum absolute atomic E-state index is 0.00461. The Morgan fingerprint density at radius 2 is 1.78 bits per heavy atom. The van der Waals surface area contributed by atoms with Crippen LogP contribution in [0.4, 0.5) is 4.79 Å². The summed E-state index contributed by atoms with van der Waals surface area (Å²) in [7, 11) is 1.24. The largest absolute Gasteiger partial charge is 0.489 e. The van der Waals surface area contributed by atoms with Gasteiger partial charge in [0.15, 0.2) is 0 Å². The van der Waals surface area contributed by atoms with Gasteiger partial charge >= 0.3 is 12.0 Å². The molecule has 11 heteroatoms. The molecule has 0 bridgehead atoms. The molecule has 0 spiro atoms. The normalized spacial score (nSPS) is 14.1. The molecule has 1 N–H and O–H groups in total. The Bertz CT molecular complexity index is 1690. The zero-order valence-electron chi connectivity index (χ0n) is 22.4. The number of rotatable bonds is 8. The molecule has 210 valence electrons. The van der Waals surface area contributed by atoms with Crippen LogP contribution >= 0.6 is 31.9 Å². The highest BCUT2D eigenvalue weighted by atomic mass is 79.9. The van der Waals surface area contributed by atoms with Gasteiger partial charge < -0.3 is 23.8 Å². The second-order valence-electron chi connectivity index (χ2n) is 9.32. The first kappa shape index (κ1) is 28.4. The predicted molar refractivity (Wildman–Crippen MR) is 159 cm³/mol. The van der Waals surface area contributed by atoms with E-state index in [0.717, 1.165) is 47.8 Å². The standard InChI is InChI=1S/C30H25Br2N3O6/c1-17-12-20(13-26-28(36)34(30(38)33-26)15-24-10-11-27(41-24)29(37)39-3)18(2)35(17)22-6-8-23(9-7-22)40-16-19-4-5-21(31)14-25(19)32/h4-14H,15-16H2,1-3H3,(H,33,38)/b26-13-. The van der Waals surface area contributed by atoms with Gasteiger partial charge in [0.05, 0.1) is 13.7 Å². The summed E-state index contributed by atoms with van der Waals surface area (Å²) in [5, 5.41) is 2.63. The van der Waals surface area contributed by atoms with Crippen LogP contribution < -0.4 is 10.1 Å². The Balaban J connectivity index is 1.30. The average molecular weight is 683 g/mol. The van der Waals surface area contributed by atoms with Crippen LogP contribution in [0.2, 0.25) is 0 Å². The molecule has 2 aromatic heterocycles. The van der Waals surface area contributed by atoms with E-state index in [1.165, 1.54) is 19.2 Å². The van der Waals surface area contributed by atoms with Crippen molar-refractivity contribution in [3.63, 3.8) is 0 Å². The highest BCUT2D eigenvalue weighted by molar-refractivity contribution is 9.11. The number of amides is 3. The molecule has 41 heavy (non-hydrogen) atoms. The Morgan fingerprint density at radius 3 is 2.49 bits per heavy atom. The maximum Gasteiger partial charge on any atom is 0.373 e. The summed E-state index contributed by atoms with van der Waals surface area (Å²) >= 11 is 7.02. The maximum absolute atomic E-state index is 13.0. The quantitative estimate of drug-likeness (QED) is 0.127. The van der Waals surface area contributed by atoms with Crippen LogP contribution in [0.1, 0.15) is 38.8 Å². The van der Waals surface area contributed by atoms with E-state index in [1.807, 2.05) is 62.4 Å². The van der Waals surface area contributed by atoms with Crippen molar-refractivity contribution in [2.24, 2.45) is 0 Å². The summed E-state index contributed by atoms with van der Waals surface area (Å²) in [6, 6.07) is 18.1. The third kappa shape index (κ3) is 6.01. The molecule has 2 aromatic carbocycles. The molecule has 3 heterocycles. The molecular formula is C30H25Br2N3O6. The zero-order valence-corrected chi connectivity index (χ0v) is 25.5. The SMILES string of the molecule is COC(=O)c1ccc(CN2C(=O)N/C(=C\c3cc(C)n(-c4ccc(OCc5ccc(Br)cc5Br)cc4)c3C)C2=O)o1. The lowest BCUT2D eigenvalue weighted by atomic mass is 10.2. The maximum atomic E-state index is 13.0. The highest BCUT2D eigenvalue weighted by Gasteiger charge is 2.34. The molecule has 9 nitrogen and oxygen atoms in total. The predicted octanol–water partition coefficient (Wildman–Crippen LogP) is 6.67. The number of furan rings is 1. The molecule has 4 aromatic rings. The van der Waals surface area contributed by atoms with E-state index in [4.69, 9.17) is 9.15 Å². The minimum atomic E-state index is -0.638. The van der Waals surface area contributed by atoms with Gasteiger partial charge in [0.25, 0.3) is 5.91 Å². The summed E-state index contributed by atoms with van der Waals surface area (Å²) < 4.78 is 20.0. The van der Waals surface area contributed by atoms with Crippen molar-refractivity contribution >= 4 is 55.8 Å². The van der Waals surface area contributed by atoms with Crippen LogP contribution in [-0.4, -0.2) is 34.5 Å².